The van der Waals surface area contributed by atoms with Crippen molar-refractivity contribution < 1.29 is 14.6 Å². The summed E-state index contributed by atoms with van der Waals surface area (Å²) in [6.45, 7) is 0.910. The molecule has 2 heterocycles. The predicted molar refractivity (Wildman–Crippen MR) is 85.6 cm³/mol. The number of carbonyl (C=O) groups excluding carboxylic acids is 1. The third-order valence-corrected chi connectivity index (χ3v) is 4.19. The second-order valence-electron chi connectivity index (χ2n) is 5.75. The molecular formula is C16H18ClN3O3. The highest BCUT2D eigenvalue weighted by Gasteiger charge is 2.37. The molecule has 1 aromatic carbocycles. The molecule has 1 saturated heterocycles. The van der Waals surface area contributed by atoms with E-state index in [0.717, 1.165) is 0 Å². The van der Waals surface area contributed by atoms with Gasteiger partial charge in [0.25, 0.3) is 5.91 Å². The molecule has 2 aromatic rings. The lowest BCUT2D eigenvalue weighted by Gasteiger charge is -2.38. The predicted octanol–water partition coefficient (Wildman–Crippen LogP) is 2.11. The van der Waals surface area contributed by atoms with Crippen LogP contribution in [0.3, 0.4) is 0 Å². The third-order valence-electron chi connectivity index (χ3n) is 3.90. The lowest BCUT2D eigenvalue weighted by atomic mass is 9.93. The molecule has 0 aliphatic carbocycles. The fourth-order valence-electron chi connectivity index (χ4n) is 2.72. The van der Waals surface area contributed by atoms with E-state index in [-0.39, 0.29) is 29.8 Å². The number of halogens is 1. The first-order valence-corrected chi connectivity index (χ1v) is 7.84. The van der Waals surface area contributed by atoms with Gasteiger partial charge in [0.1, 0.15) is 23.7 Å². The summed E-state index contributed by atoms with van der Waals surface area (Å²) in [6.07, 6.45) is 2.68. The Bertz CT molecular complexity index is 676. The number of rotatable bonds is 4. The maximum Gasteiger partial charge on any atom is 0.273 e. The van der Waals surface area contributed by atoms with E-state index in [2.05, 4.69) is 10.2 Å². The summed E-state index contributed by atoms with van der Waals surface area (Å²) in [5.74, 6) is 0.436. The normalized spacial score (nSPS) is 21.2. The summed E-state index contributed by atoms with van der Waals surface area (Å²) in [4.78, 5) is 14.0. The van der Waals surface area contributed by atoms with Gasteiger partial charge in [-0.3, -0.25) is 9.89 Å². The number of β-amino-alcohol motifs (C(OH)–C–C–N with tert-alkyl or cyclic N) is 1. The number of likely N-dealkylation sites (tertiary alicyclic amines) is 1. The zero-order chi connectivity index (χ0) is 16.3. The van der Waals surface area contributed by atoms with Crippen LogP contribution in [0.25, 0.3) is 0 Å². The first-order valence-electron chi connectivity index (χ1n) is 7.46. The number of ether oxygens (including phenoxy) is 1. The third kappa shape index (κ3) is 3.65. The maximum atomic E-state index is 12.5. The number of nitrogens with one attached hydrogen (secondary N) is 1. The topological polar surface area (TPSA) is 78.5 Å². The number of carbonyl (C=O) groups is 1. The summed E-state index contributed by atoms with van der Waals surface area (Å²) in [6, 6.07) is 9.31. The molecule has 0 unspecified atom stereocenters. The molecule has 1 amide bonds. The molecule has 2 N–H and O–H groups in total. The van der Waals surface area contributed by atoms with Crippen molar-refractivity contribution >= 4 is 17.5 Å². The minimum atomic E-state index is -1.07. The van der Waals surface area contributed by atoms with Gasteiger partial charge >= 0.3 is 0 Å². The molecule has 0 saturated carbocycles. The first-order chi connectivity index (χ1) is 11.1. The quantitative estimate of drug-likeness (QED) is 0.897. The van der Waals surface area contributed by atoms with Gasteiger partial charge in [-0.15, -0.1) is 0 Å². The molecule has 1 aliphatic rings. The molecule has 0 spiro atoms. The van der Waals surface area contributed by atoms with Gasteiger partial charge < -0.3 is 14.7 Å². The Balaban J connectivity index is 1.65. The van der Waals surface area contributed by atoms with E-state index in [1.54, 1.807) is 4.90 Å². The van der Waals surface area contributed by atoms with Gasteiger partial charge in [0, 0.05) is 6.54 Å². The number of aliphatic hydroxyl groups is 1. The van der Waals surface area contributed by atoms with E-state index in [9.17, 15) is 9.90 Å². The van der Waals surface area contributed by atoms with Crippen molar-refractivity contribution in [2.45, 2.75) is 18.4 Å². The highest BCUT2D eigenvalue weighted by molar-refractivity contribution is 6.33. The molecule has 122 valence electrons. The Hall–Kier alpha value is -2.05. The van der Waals surface area contributed by atoms with E-state index in [0.29, 0.717) is 25.1 Å². The molecule has 1 fully saturated rings. The number of hydrogen-bond acceptors (Lipinski definition) is 4. The average molecular weight is 336 g/mol. The van der Waals surface area contributed by atoms with Crippen molar-refractivity contribution in [3.63, 3.8) is 0 Å². The minimum absolute atomic E-state index is 0.136. The molecule has 1 aliphatic heterocycles. The highest BCUT2D eigenvalue weighted by Crippen LogP contribution is 2.25. The van der Waals surface area contributed by atoms with Gasteiger partial charge in [-0.05, 0) is 25.0 Å². The van der Waals surface area contributed by atoms with Crippen LogP contribution < -0.4 is 4.74 Å². The highest BCUT2D eigenvalue weighted by atomic mass is 35.5. The van der Waals surface area contributed by atoms with E-state index < -0.39 is 5.60 Å². The lowest BCUT2D eigenvalue weighted by Crippen LogP contribution is -2.53. The van der Waals surface area contributed by atoms with Crippen LogP contribution in [0.15, 0.2) is 36.5 Å². The van der Waals surface area contributed by atoms with Crippen LogP contribution in [0, 0.1) is 0 Å². The number of nitrogens with zero attached hydrogens (tertiary/aromatic N) is 2. The second kappa shape index (κ2) is 6.60. The SMILES string of the molecule is O=C(c1[nH]ncc1Cl)N1CCC[C@](O)(COc2ccccc2)C1. The number of benzene rings is 1. The van der Waals surface area contributed by atoms with Crippen LogP contribution in [0.2, 0.25) is 5.02 Å². The lowest BCUT2D eigenvalue weighted by molar-refractivity contribution is -0.0533. The zero-order valence-electron chi connectivity index (χ0n) is 12.5. The second-order valence-corrected chi connectivity index (χ2v) is 6.16. The Morgan fingerprint density at radius 3 is 2.91 bits per heavy atom. The van der Waals surface area contributed by atoms with Gasteiger partial charge in [0.15, 0.2) is 0 Å². The number of amides is 1. The number of piperidine rings is 1. The molecule has 1 atom stereocenters. The molecular weight excluding hydrogens is 318 g/mol. The number of aromatic amines is 1. The van der Waals surface area contributed by atoms with Gasteiger partial charge in [-0.25, -0.2) is 0 Å². The van der Waals surface area contributed by atoms with Crippen LogP contribution >= 0.6 is 11.6 Å². The number of para-hydroxylation sites is 1. The summed E-state index contributed by atoms with van der Waals surface area (Å²) in [5, 5.41) is 17.4. The minimum Gasteiger partial charge on any atom is -0.491 e. The van der Waals surface area contributed by atoms with E-state index in [4.69, 9.17) is 16.3 Å². The zero-order valence-corrected chi connectivity index (χ0v) is 13.3. The number of hydrogen-bond donors (Lipinski definition) is 2. The Labute approximate surface area is 139 Å². The largest absolute Gasteiger partial charge is 0.491 e. The number of aromatic nitrogens is 2. The number of H-pyrrole nitrogens is 1. The van der Waals surface area contributed by atoms with Gasteiger partial charge in [0.2, 0.25) is 0 Å². The van der Waals surface area contributed by atoms with Crippen molar-refractivity contribution in [2.75, 3.05) is 19.7 Å². The van der Waals surface area contributed by atoms with Crippen molar-refractivity contribution in [3.8, 4) is 5.75 Å². The van der Waals surface area contributed by atoms with Crippen molar-refractivity contribution in [3.05, 3.63) is 47.2 Å². The van der Waals surface area contributed by atoms with Crippen molar-refractivity contribution in [1.82, 2.24) is 15.1 Å². The van der Waals surface area contributed by atoms with Crippen LogP contribution in [0.1, 0.15) is 23.3 Å². The standard InChI is InChI=1S/C16H18ClN3O3/c17-13-9-18-19-14(13)15(21)20-8-4-7-16(22,10-20)11-23-12-5-2-1-3-6-12/h1-3,5-6,9,22H,4,7-8,10-11H2,(H,18,19)/t16-/m1/s1. The summed E-state index contributed by atoms with van der Waals surface area (Å²) < 4.78 is 5.66. The fourth-order valence-corrected chi connectivity index (χ4v) is 2.89. The molecule has 0 bridgehead atoms. The Kier molecular flexibility index (Phi) is 4.54. The first kappa shape index (κ1) is 15.8. The van der Waals surface area contributed by atoms with Gasteiger partial charge in [-0.1, -0.05) is 29.8 Å². The Morgan fingerprint density at radius 2 is 2.22 bits per heavy atom. The molecule has 7 heteroatoms. The van der Waals surface area contributed by atoms with Crippen molar-refractivity contribution in [2.24, 2.45) is 0 Å². The van der Waals surface area contributed by atoms with E-state index in [1.807, 2.05) is 30.3 Å². The van der Waals surface area contributed by atoms with Crippen LogP contribution in [-0.2, 0) is 0 Å². The molecule has 1 aromatic heterocycles. The molecule has 6 nitrogen and oxygen atoms in total. The van der Waals surface area contributed by atoms with Gasteiger partial charge in [0.05, 0.1) is 17.8 Å². The van der Waals surface area contributed by atoms with Gasteiger partial charge in [-0.2, -0.15) is 5.10 Å². The Morgan fingerprint density at radius 1 is 1.43 bits per heavy atom. The maximum absolute atomic E-state index is 12.5. The molecule has 3 rings (SSSR count). The fraction of sp³-hybridized carbons (Fsp3) is 0.375. The van der Waals surface area contributed by atoms with Crippen LogP contribution in [0.4, 0.5) is 0 Å². The van der Waals surface area contributed by atoms with E-state index >= 15 is 0 Å². The van der Waals surface area contributed by atoms with E-state index in [1.165, 1.54) is 6.20 Å². The summed E-state index contributed by atoms with van der Waals surface area (Å²) in [5.41, 5.74) is -0.823. The molecule has 0 radical (unpaired) electrons. The summed E-state index contributed by atoms with van der Waals surface area (Å²) >= 11 is 5.94. The smallest absolute Gasteiger partial charge is 0.273 e. The van der Waals surface area contributed by atoms with Crippen LogP contribution in [0.5, 0.6) is 5.75 Å². The van der Waals surface area contributed by atoms with Crippen LogP contribution in [-0.4, -0.2) is 51.4 Å². The average Bonchev–Trinajstić information content (AvgIpc) is 2.99. The monoisotopic (exact) mass is 335 g/mol. The van der Waals surface area contributed by atoms with Crippen molar-refractivity contribution in [1.29, 1.82) is 0 Å². The molecule has 23 heavy (non-hydrogen) atoms. The summed E-state index contributed by atoms with van der Waals surface area (Å²) in [7, 11) is 0.